The number of aliphatic carboxylic acids is 2. The third-order valence-corrected chi connectivity index (χ3v) is 2.54. The lowest BCUT2D eigenvalue weighted by Gasteiger charge is -2.12. The van der Waals surface area contributed by atoms with Gasteiger partial charge in [0.15, 0.2) is 0 Å². The zero-order valence-corrected chi connectivity index (χ0v) is 9.64. The SMILES string of the molecule is O=C(O)CC(C(=O)O)c1cc(Br)ccc1O. The third kappa shape index (κ3) is 2.96. The highest BCUT2D eigenvalue weighted by Gasteiger charge is 2.25. The van der Waals surface area contributed by atoms with Crippen molar-refractivity contribution in [2.45, 2.75) is 12.3 Å². The first kappa shape index (κ1) is 12.5. The topological polar surface area (TPSA) is 94.8 Å². The molecule has 6 heteroatoms. The highest BCUT2D eigenvalue weighted by atomic mass is 79.9. The van der Waals surface area contributed by atoms with E-state index in [1.54, 1.807) is 6.07 Å². The normalized spacial score (nSPS) is 12.1. The molecule has 1 aromatic rings. The van der Waals surface area contributed by atoms with Crippen molar-refractivity contribution in [1.82, 2.24) is 0 Å². The lowest BCUT2D eigenvalue weighted by atomic mass is 9.95. The minimum Gasteiger partial charge on any atom is -0.508 e. The number of hydrogen-bond acceptors (Lipinski definition) is 3. The summed E-state index contributed by atoms with van der Waals surface area (Å²) in [6.45, 7) is 0. The first-order chi connectivity index (χ1) is 7.41. The average molecular weight is 289 g/mol. The van der Waals surface area contributed by atoms with Crippen LogP contribution >= 0.6 is 15.9 Å². The van der Waals surface area contributed by atoms with E-state index in [2.05, 4.69) is 15.9 Å². The van der Waals surface area contributed by atoms with Crippen LogP contribution in [0.4, 0.5) is 0 Å². The number of phenolic OH excluding ortho intramolecular Hbond substituents is 1. The van der Waals surface area contributed by atoms with Crippen molar-refractivity contribution in [1.29, 1.82) is 0 Å². The number of phenols is 1. The van der Waals surface area contributed by atoms with E-state index in [4.69, 9.17) is 10.2 Å². The third-order valence-electron chi connectivity index (χ3n) is 2.04. The zero-order chi connectivity index (χ0) is 12.3. The Morgan fingerprint density at radius 3 is 2.44 bits per heavy atom. The monoisotopic (exact) mass is 288 g/mol. The van der Waals surface area contributed by atoms with Gasteiger partial charge in [0, 0.05) is 10.0 Å². The number of carbonyl (C=O) groups is 2. The van der Waals surface area contributed by atoms with Crippen molar-refractivity contribution in [2.24, 2.45) is 0 Å². The van der Waals surface area contributed by atoms with Gasteiger partial charge in [-0.05, 0) is 18.2 Å². The van der Waals surface area contributed by atoms with E-state index in [9.17, 15) is 14.7 Å². The summed E-state index contributed by atoms with van der Waals surface area (Å²) in [4.78, 5) is 21.4. The van der Waals surface area contributed by atoms with Crippen LogP contribution in [-0.2, 0) is 9.59 Å². The second-order valence-electron chi connectivity index (χ2n) is 3.19. The minimum absolute atomic E-state index is 0.0873. The molecule has 86 valence electrons. The van der Waals surface area contributed by atoms with Crippen LogP contribution in [0.3, 0.4) is 0 Å². The Morgan fingerprint density at radius 1 is 1.31 bits per heavy atom. The lowest BCUT2D eigenvalue weighted by molar-refractivity contribution is -0.145. The Morgan fingerprint density at radius 2 is 1.94 bits per heavy atom. The quantitative estimate of drug-likeness (QED) is 0.785. The van der Waals surface area contributed by atoms with E-state index in [1.165, 1.54) is 12.1 Å². The number of rotatable bonds is 4. The molecule has 0 spiro atoms. The van der Waals surface area contributed by atoms with Gasteiger partial charge in [-0.2, -0.15) is 0 Å². The van der Waals surface area contributed by atoms with Crippen LogP contribution in [0, 0.1) is 0 Å². The van der Waals surface area contributed by atoms with E-state index in [-0.39, 0.29) is 11.3 Å². The van der Waals surface area contributed by atoms with Crippen molar-refractivity contribution in [2.75, 3.05) is 0 Å². The maximum absolute atomic E-state index is 10.9. The van der Waals surface area contributed by atoms with E-state index in [1.807, 2.05) is 0 Å². The maximum atomic E-state index is 10.9. The summed E-state index contributed by atoms with van der Waals surface area (Å²) in [5.41, 5.74) is 0.0873. The molecular formula is C10H9BrO5. The average Bonchev–Trinajstić information content (AvgIpc) is 2.18. The zero-order valence-electron chi connectivity index (χ0n) is 8.05. The molecule has 3 N–H and O–H groups in total. The van der Waals surface area contributed by atoms with Crippen LogP contribution in [0.15, 0.2) is 22.7 Å². The van der Waals surface area contributed by atoms with Crippen molar-refractivity contribution in [3.8, 4) is 5.75 Å². The van der Waals surface area contributed by atoms with Gasteiger partial charge in [-0.3, -0.25) is 9.59 Å². The second-order valence-corrected chi connectivity index (χ2v) is 4.11. The molecule has 0 fully saturated rings. The van der Waals surface area contributed by atoms with Crippen LogP contribution in [0.25, 0.3) is 0 Å². The predicted molar refractivity (Wildman–Crippen MR) is 58.4 cm³/mol. The predicted octanol–water partition coefficient (Wildman–Crippen LogP) is 1.80. The number of carboxylic acids is 2. The molecule has 5 nitrogen and oxygen atoms in total. The molecule has 0 heterocycles. The first-order valence-corrected chi connectivity index (χ1v) is 5.14. The highest BCUT2D eigenvalue weighted by molar-refractivity contribution is 9.10. The Hall–Kier alpha value is -1.56. The molecule has 0 aliphatic rings. The second kappa shape index (κ2) is 4.98. The van der Waals surface area contributed by atoms with Crippen molar-refractivity contribution in [3.63, 3.8) is 0 Å². The van der Waals surface area contributed by atoms with Crippen LogP contribution in [-0.4, -0.2) is 27.3 Å². The Bertz CT molecular complexity index is 429. The standard InChI is InChI=1S/C10H9BrO5/c11-5-1-2-8(12)6(3-5)7(10(15)16)4-9(13)14/h1-3,7,12H,4H2,(H,13,14)(H,15,16). The van der Waals surface area contributed by atoms with Gasteiger partial charge in [0.1, 0.15) is 5.75 Å². The summed E-state index contributed by atoms with van der Waals surface area (Å²) in [6.07, 6.45) is -0.570. The Kier molecular flexibility index (Phi) is 3.89. The van der Waals surface area contributed by atoms with Gasteiger partial charge < -0.3 is 15.3 Å². The Labute approximate surface area is 99.5 Å². The molecule has 0 saturated carbocycles. The number of carboxylic acid groups (broad SMARTS) is 2. The van der Waals surface area contributed by atoms with E-state index >= 15 is 0 Å². The number of benzene rings is 1. The first-order valence-electron chi connectivity index (χ1n) is 4.35. The maximum Gasteiger partial charge on any atom is 0.311 e. The fraction of sp³-hybridized carbons (Fsp3) is 0.200. The molecule has 0 radical (unpaired) electrons. The summed E-state index contributed by atoms with van der Waals surface area (Å²) in [5.74, 6) is -3.99. The van der Waals surface area contributed by atoms with Crippen LogP contribution in [0.1, 0.15) is 17.9 Å². The van der Waals surface area contributed by atoms with Crippen molar-refractivity contribution in [3.05, 3.63) is 28.2 Å². The molecule has 0 aliphatic carbocycles. The molecule has 1 aromatic carbocycles. The van der Waals surface area contributed by atoms with E-state index < -0.39 is 24.3 Å². The van der Waals surface area contributed by atoms with Gasteiger partial charge in [-0.25, -0.2) is 0 Å². The molecular weight excluding hydrogens is 280 g/mol. The summed E-state index contributed by atoms with van der Waals surface area (Å²) >= 11 is 3.13. The smallest absolute Gasteiger partial charge is 0.311 e. The molecule has 1 atom stereocenters. The van der Waals surface area contributed by atoms with Gasteiger partial charge in [0.2, 0.25) is 0 Å². The van der Waals surface area contributed by atoms with Gasteiger partial charge in [0.25, 0.3) is 0 Å². The van der Waals surface area contributed by atoms with Gasteiger partial charge in [0.05, 0.1) is 12.3 Å². The van der Waals surface area contributed by atoms with Crippen LogP contribution in [0.5, 0.6) is 5.75 Å². The van der Waals surface area contributed by atoms with Gasteiger partial charge in [-0.1, -0.05) is 15.9 Å². The molecule has 0 amide bonds. The van der Waals surface area contributed by atoms with Gasteiger partial charge in [-0.15, -0.1) is 0 Å². The summed E-state index contributed by atoms with van der Waals surface area (Å²) in [5, 5.41) is 27.0. The number of aromatic hydroxyl groups is 1. The molecule has 0 saturated heterocycles. The number of hydrogen-bond donors (Lipinski definition) is 3. The Balaban J connectivity index is 3.14. The minimum atomic E-state index is -1.28. The fourth-order valence-corrected chi connectivity index (χ4v) is 1.69. The number of halogens is 1. The van der Waals surface area contributed by atoms with E-state index in [0.717, 1.165) is 0 Å². The van der Waals surface area contributed by atoms with Crippen LogP contribution < -0.4 is 0 Å². The van der Waals surface area contributed by atoms with Crippen molar-refractivity contribution >= 4 is 27.9 Å². The molecule has 0 aromatic heterocycles. The van der Waals surface area contributed by atoms with E-state index in [0.29, 0.717) is 4.47 Å². The van der Waals surface area contributed by atoms with Crippen LogP contribution in [0.2, 0.25) is 0 Å². The molecule has 0 bridgehead atoms. The molecule has 1 rings (SSSR count). The fourth-order valence-electron chi connectivity index (χ4n) is 1.31. The molecule has 1 unspecified atom stereocenters. The molecule has 0 aliphatic heterocycles. The molecule has 16 heavy (non-hydrogen) atoms. The summed E-state index contributed by atoms with van der Waals surface area (Å²) in [7, 11) is 0. The highest BCUT2D eigenvalue weighted by Crippen LogP contribution is 2.31. The largest absolute Gasteiger partial charge is 0.508 e. The lowest BCUT2D eigenvalue weighted by Crippen LogP contribution is -2.16. The van der Waals surface area contributed by atoms with Gasteiger partial charge >= 0.3 is 11.9 Å². The van der Waals surface area contributed by atoms with Crippen molar-refractivity contribution < 1.29 is 24.9 Å². The summed E-state index contributed by atoms with van der Waals surface area (Å²) in [6, 6.07) is 4.26. The summed E-state index contributed by atoms with van der Waals surface area (Å²) < 4.78 is 0.580.